The van der Waals surface area contributed by atoms with Crippen molar-refractivity contribution in [3.8, 4) is 0 Å². The van der Waals surface area contributed by atoms with Gasteiger partial charge in [-0.3, -0.25) is 9.69 Å². The van der Waals surface area contributed by atoms with Gasteiger partial charge in [-0.15, -0.1) is 11.3 Å². The number of halogens is 1. The molecule has 0 unspecified atom stereocenters. The van der Waals surface area contributed by atoms with E-state index in [1.54, 1.807) is 34.5 Å². The van der Waals surface area contributed by atoms with Crippen molar-refractivity contribution in [1.29, 1.82) is 0 Å². The minimum atomic E-state index is -0.598. The molecule has 0 bridgehead atoms. The first-order chi connectivity index (χ1) is 14.8. The molecule has 0 saturated heterocycles. The molecule has 0 fully saturated rings. The van der Waals surface area contributed by atoms with Gasteiger partial charge in [-0.25, -0.2) is 9.78 Å². The van der Waals surface area contributed by atoms with Crippen LogP contribution in [-0.4, -0.2) is 16.9 Å². The maximum absolute atomic E-state index is 12.4. The van der Waals surface area contributed by atoms with E-state index in [0.29, 0.717) is 21.4 Å². The van der Waals surface area contributed by atoms with Crippen molar-refractivity contribution in [2.45, 2.75) is 27.4 Å². The van der Waals surface area contributed by atoms with Crippen LogP contribution in [0.1, 0.15) is 34.3 Å². The highest BCUT2D eigenvalue weighted by Crippen LogP contribution is 2.32. The van der Waals surface area contributed by atoms with Crippen LogP contribution in [0.4, 0.5) is 10.8 Å². The number of rotatable bonds is 5. The molecule has 0 radical (unpaired) electrons. The number of benzene rings is 2. The highest BCUT2D eigenvalue weighted by Gasteiger charge is 2.21. The van der Waals surface area contributed by atoms with E-state index in [1.165, 1.54) is 18.3 Å². The second-order valence-electron chi connectivity index (χ2n) is 7.13. The van der Waals surface area contributed by atoms with Crippen LogP contribution < -0.4 is 4.90 Å². The number of esters is 1. The quantitative estimate of drug-likeness (QED) is 0.335. The van der Waals surface area contributed by atoms with Gasteiger partial charge in [-0.1, -0.05) is 29.3 Å². The van der Waals surface area contributed by atoms with Gasteiger partial charge in [0.05, 0.1) is 11.4 Å². The topological polar surface area (TPSA) is 72.6 Å². The van der Waals surface area contributed by atoms with Gasteiger partial charge < -0.3 is 9.15 Å². The summed E-state index contributed by atoms with van der Waals surface area (Å²) in [6, 6.07) is 12.6. The van der Waals surface area contributed by atoms with Crippen LogP contribution in [0.15, 0.2) is 52.3 Å². The van der Waals surface area contributed by atoms with E-state index < -0.39 is 5.97 Å². The van der Waals surface area contributed by atoms with Crippen molar-refractivity contribution in [3.05, 3.63) is 75.4 Å². The second-order valence-corrected chi connectivity index (χ2v) is 8.41. The minimum Gasteiger partial charge on any atom is -0.453 e. The maximum atomic E-state index is 12.4. The zero-order chi connectivity index (χ0) is 22.1. The van der Waals surface area contributed by atoms with Crippen LogP contribution in [-0.2, 0) is 16.1 Å². The molecular weight excluding hydrogens is 436 g/mol. The fourth-order valence-electron chi connectivity index (χ4n) is 3.25. The number of aryl methyl sites for hydroxylation is 2. The van der Waals surface area contributed by atoms with E-state index in [9.17, 15) is 9.59 Å². The first kappa shape index (κ1) is 21.1. The van der Waals surface area contributed by atoms with Crippen LogP contribution >= 0.6 is 22.9 Å². The van der Waals surface area contributed by atoms with Crippen LogP contribution in [0, 0.1) is 13.8 Å². The molecule has 1 amide bonds. The Morgan fingerprint density at radius 1 is 1.16 bits per heavy atom. The van der Waals surface area contributed by atoms with Crippen molar-refractivity contribution in [3.63, 3.8) is 0 Å². The third-order valence-electron chi connectivity index (χ3n) is 4.67. The number of ether oxygens (including phenoxy) is 1. The Morgan fingerprint density at radius 2 is 1.97 bits per heavy atom. The van der Waals surface area contributed by atoms with Crippen molar-refractivity contribution in [2.24, 2.45) is 0 Å². The molecule has 2 heterocycles. The predicted molar refractivity (Wildman–Crippen MR) is 121 cm³/mol. The smallest absolute Gasteiger partial charge is 0.374 e. The number of carbonyl (C=O) groups is 2. The Kier molecular flexibility index (Phi) is 5.80. The summed E-state index contributed by atoms with van der Waals surface area (Å²) in [5.41, 5.74) is 3.96. The standard InChI is InChI=1S/C23H19ClN2O4S/c1-13-4-6-19(14(2)8-13)26(15(3)27)23-25-18(12-31-23)11-29-22(28)21-10-16-9-17(24)5-7-20(16)30-21/h4-10,12H,11H2,1-3H3. The van der Waals surface area contributed by atoms with Gasteiger partial charge in [0.1, 0.15) is 12.2 Å². The van der Waals surface area contributed by atoms with E-state index in [0.717, 1.165) is 22.2 Å². The van der Waals surface area contributed by atoms with Gasteiger partial charge in [0.2, 0.25) is 11.7 Å². The summed E-state index contributed by atoms with van der Waals surface area (Å²) in [7, 11) is 0. The molecule has 31 heavy (non-hydrogen) atoms. The average molecular weight is 455 g/mol. The molecule has 0 saturated carbocycles. The summed E-state index contributed by atoms with van der Waals surface area (Å²) in [6.45, 7) is 5.41. The van der Waals surface area contributed by atoms with Crippen LogP contribution in [0.2, 0.25) is 5.02 Å². The number of amides is 1. The van der Waals surface area contributed by atoms with Gasteiger partial charge in [-0.2, -0.15) is 0 Å². The monoisotopic (exact) mass is 454 g/mol. The van der Waals surface area contributed by atoms with Gasteiger partial charge >= 0.3 is 5.97 Å². The van der Waals surface area contributed by atoms with Gasteiger partial charge in [0, 0.05) is 22.7 Å². The molecule has 0 aliphatic carbocycles. The molecule has 0 spiro atoms. The van der Waals surface area contributed by atoms with E-state index >= 15 is 0 Å². The highest BCUT2D eigenvalue weighted by molar-refractivity contribution is 7.14. The molecule has 158 valence electrons. The largest absolute Gasteiger partial charge is 0.453 e. The molecule has 0 aliphatic rings. The lowest BCUT2D eigenvalue weighted by molar-refractivity contribution is -0.115. The van der Waals surface area contributed by atoms with E-state index in [2.05, 4.69) is 4.98 Å². The Labute approximate surface area is 188 Å². The Bertz CT molecular complexity index is 1290. The first-order valence-electron chi connectivity index (χ1n) is 9.50. The number of hydrogen-bond donors (Lipinski definition) is 0. The van der Waals surface area contributed by atoms with E-state index in [-0.39, 0.29) is 18.3 Å². The van der Waals surface area contributed by atoms with Crippen LogP contribution in [0.5, 0.6) is 0 Å². The number of furan rings is 1. The molecular formula is C23H19ClN2O4S. The lowest BCUT2D eigenvalue weighted by atomic mass is 10.1. The van der Waals surface area contributed by atoms with Crippen molar-refractivity contribution in [1.82, 2.24) is 4.98 Å². The van der Waals surface area contributed by atoms with Gasteiger partial charge in [0.15, 0.2) is 5.13 Å². The number of nitrogens with zero attached hydrogens (tertiary/aromatic N) is 2. The molecule has 2 aromatic heterocycles. The molecule has 8 heteroatoms. The van der Waals surface area contributed by atoms with Gasteiger partial charge in [0.25, 0.3) is 0 Å². The minimum absolute atomic E-state index is 0.0360. The molecule has 0 atom stereocenters. The lowest BCUT2D eigenvalue weighted by Gasteiger charge is -2.20. The fraction of sp³-hybridized carbons (Fsp3) is 0.174. The average Bonchev–Trinajstić information content (AvgIpc) is 3.34. The summed E-state index contributed by atoms with van der Waals surface area (Å²) in [5.74, 6) is -0.654. The van der Waals surface area contributed by atoms with Crippen molar-refractivity contribution >= 4 is 56.6 Å². The molecule has 6 nitrogen and oxygen atoms in total. The third-order valence-corrected chi connectivity index (χ3v) is 5.78. The van der Waals surface area contributed by atoms with Crippen molar-refractivity contribution in [2.75, 3.05) is 4.90 Å². The highest BCUT2D eigenvalue weighted by atomic mass is 35.5. The molecule has 4 rings (SSSR count). The summed E-state index contributed by atoms with van der Waals surface area (Å²) in [5, 5.41) is 3.56. The van der Waals surface area contributed by atoms with Gasteiger partial charge in [-0.05, 0) is 49.7 Å². The second kappa shape index (κ2) is 8.53. The number of fused-ring (bicyclic) bond motifs is 1. The maximum Gasteiger partial charge on any atom is 0.374 e. The zero-order valence-electron chi connectivity index (χ0n) is 17.1. The Morgan fingerprint density at radius 3 is 2.71 bits per heavy atom. The normalized spacial score (nSPS) is 11.0. The summed E-state index contributed by atoms with van der Waals surface area (Å²) < 4.78 is 10.9. The predicted octanol–water partition coefficient (Wildman–Crippen LogP) is 6.20. The molecule has 0 N–H and O–H groups in total. The third kappa shape index (κ3) is 4.47. The first-order valence-corrected chi connectivity index (χ1v) is 10.8. The summed E-state index contributed by atoms with van der Waals surface area (Å²) in [6.07, 6.45) is 0. The Balaban J connectivity index is 1.49. The Hall–Kier alpha value is -3.16. The van der Waals surface area contributed by atoms with Crippen molar-refractivity contribution < 1.29 is 18.7 Å². The van der Waals surface area contributed by atoms with E-state index in [1.807, 2.05) is 32.0 Å². The number of hydrogen-bond acceptors (Lipinski definition) is 6. The molecule has 0 aliphatic heterocycles. The fourth-order valence-corrected chi connectivity index (χ4v) is 4.30. The van der Waals surface area contributed by atoms with Crippen LogP contribution in [0.3, 0.4) is 0 Å². The number of aromatic nitrogens is 1. The number of carbonyl (C=O) groups excluding carboxylic acids is 2. The number of anilines is 2. The van der Waals surface area contributed by atoms with Crippen LogP contribution in [0.25, 0.3) is 11.0 Å². The summed E-state index contributed by atoms with van der Waals surface area (Å²) in [4.78, 5) is 30.8. The van der Waals surface area contributed by atoms with E-state index in [4.69, 9.17) is 20.8 Å². The lowest BCUT2D eigenvalue weighted by Crippen LogP contribution is -2.23. The number of thiazole rings is 1. The SMILES string of the molecule is CC(=O)N(c1nc(COC(=O)c2cc3cc(Cl)ccc3o2)cs1)c1ccc(C)cc1C. The summed E-state index contributed by atoms with van der Waals surface area (Å²) >= 11 is 7.28. The molecule has 2 aromatic carbocycles. The molecule has 4 aromatic rings. The zero-order valence-corrected chi connectivity index (χ0v) is 18.7.